The third kappa shape index (κ3) is 3.42. The highest BCUT2D eigenvalue weighted by atomic mass is 19.1. The smallest absolute Gasteiger partial charge is 0.231 e. The molecule has 0 saturated heterocycles. The van der Waals surface area contributed by atoms with Crippen molar-refractivity contribution in [2.24, 2.45) is 11.1 Å². The lowest BCUT2D eigenvalue weighted by atomic mass is 9.84. The molecule has 0 amide bonds. The van der Waals surface area contributed by atoms with Crippen molar-refractivity contribution < 1.29 is 8.91 Å². The number of nitrogens with two attached hydrogens (primary N) is 1. The average molecular weight is 277 g/mol. The Balaban J connectivity index is 2.26. The first-order valence-electron chi connectivity index (χ1n) is 6.69. The van der Waals surface area contributed by atoms with Crippen LogP contribution < -0.4 is 5.73 Å². The van der Waals surface area contributed by atoms with Crippen molar-refractivity contribution in [1.82, 2.24) is 10.1 Å². The molecule has 0 radical (unpaired) electrons. The van der Waals surface area contributed by atoms with Gasteiger partial charge in [0.15, 0.2) is 0 Å². The Morgan fingerprint density at radius 2 is 2.00 bits per heavy atom. The highest BCUT2D eigenvalue weighted by Gasteiger charge is 2.24. The maximum Gasteiger partial charge on any atom is 0.231 e. The predicted octanol–water partition coefficient (Wildman–Crippen LogP) is 3.35. The maximum atomic E-state index is 13.7. The molecule has 1 aromatic carbocycles. The van der Waals surface area contributed by atoms with Gasteiger partial charge in [-0.25, -0.2) is 4.39 Å². The zero-order chi connectivity index (χ0) is 14.8. The molecule has 2 aromatic rings. The van der Waals surface area contributed by atoms with Gasteiger partial charge < -0.3 is 10.3 Å². The van der Waals surface area contributed by atoms with Crippen LogP contribution >= 0.6 is 0 Å². The Kier molecular flexibility index (Phi) is 4.18. The lowest BCUT2D eigenvalue weighted by molar-refractivity contribution is 0.287. The highest BCUT2D eigenvalue weighted by Crippen LogP contribution is 2.30. The van der Waals surface area contributed by atoms with Crippen LogP contribution in [-0.4, -0.2) is 16.7 Å². The van der Waals surface area contributed by atoms with Gasteiger partial charge in [0.25, 0.3) is 0 Å². The molecule has 0 fully saturated rings. The van der Waals surface area contributed by atoms with Crippen molar-refractivity contribution in [3.63, 3.8) is 0 Å². The van der Waals surface area contributed by atoms with Crippen molar-refractivity contribution in [2.45, 2.75) is 33.1 Å². The molecule has 2 N–H and O–H groups in total. The molecule has 1 atom stereocenters. The molecule has 0 aliphatic heterocycles. The van der Waals surface area contributed by atoms with E-state index in [2.05, 4.69) is 30.9 Å². The van der Waals surface area contributed by atoms with Gasteiger partial charge in [0.2, 0.25) is 11.7 Å². The average Bonchev–Trinajstić information content (AvgIpc) is 2.84. The van der Waals surface area contributed by atoms with Crippen molar-refractivity contribution in [2.75, 3.05) is 6.54 Å². The van der Waals surface area contributed by atoms with Crippen LogP contribution in [-0.2, 0) is 0 Å². The van der Waals surface area contributed by atoms with Gasteiger partial charge in [-0.1, -0.05) is 38.1 Å². The normalized spacial score (nSPS) is 13.4. The van der Waals surface area contributed by atoms with Crippen LogP contribution in [0, 0.1) is 11.2 Å². The van der Waals surface area contributed by atoms with Crippen LogP contribution in [0.25, 0.3) is 11.4 Å². The SMILES string of the molecule is CC(C)(C)CC(CN)c1nc(-c2ccccc2F)no1. The van der Waals surface area contributed by atoms with E-state index in [4.69, 9.17) is 10.3 Å². The van der Waals surface area contributed by atoms with Crippen molar-refractivity contribution in [1.29, 1.82) is 0 Å². The summed E-state index contributed by atoms with van der Waals surface area (Å²) in [4.78, 5) is 4.30. The van der Waals surface area contributed by atoms with E-state index in [-0.39, 0.29) is 23.0 Å². The summed E-state index contributed by atoms with van der Waals surface area (Å²) in [5.41, 5.74) is 6.24. The summed E-state index contributed by atoms with van der Waals surface area (Å²) in [6.07, 6.45) is 0.836. The number of hydrogen-bond donors (Lipinski definition) is 1. The van der Waals surface area contributed by atoms with Crippen LogP contribution in [0.5, 0.6) is 0 Å². The topological polar surface area (TPSA) is 64.9 Å². The number of rotatable bonds is 4. The maximum absolute atomic E-state index is 13.7. The van der Waals surface area contributed by atoms with E-state index in [0.29, 0.717) is 18.0 Å². The van der Waals surface area contributed by atoms with E-state index in [1.807, 2.05) is 0 Å². The molecular weight excluding hydrogens is 257 g/mol. The van der Waals surface area contributed by atoms with Gasteiger partial charge in [0.05, 0.1) is 11.5 Å². The molecule has 2 rings (SSSR count). The highest BCUT2D eigenvalue weighted by molar-refractivity contribution is 5.54. The summed E-state index contributed by atoms with van der Waals surface area (Å²) in [5, 5.41) is 3.86. The molecule has 20 heavy (non-hydrogen) atoms. The number of halogens is 1. The summed E-state index contributed by atoms with van der Waals surface area (Å²) in [6, 6.07) is 6.37. The van der Waals surface area contributed by atoms with E-state index < -0.39 is 0 Å². The van der Waals surface area contributed by atoms with Crippen LogP contribution in [0.4, 0.5) is 4.39 Å². The molecule has 4 nitrogen and oxygen atoms in total. The molecule has 0 aliphatic carbocycles. The lowest BCUT2D eigenvalue weighted by Gasteiger charge is -2.22. The van der Waals surface area contributed by atoms with Crippen molar-refractivity contribution in [3.8, 4) is 11.4 Å². The van der Waals surface area contributed by atoms with Gasteiger partial charge >= 0.3 is 0 Å². The summed E-state index contributed by atoms with van der Waals surface area (Å²) < 4.78 is 19.0. The van der Waals surface area contributed by atoms with Gasteiger partial charge in [-0.05, 0) is 24.0 Å². The fourth-order valence-corrected chi connectivity index (χ4v) is 2.16. The van der Waals surface area contributed by atoms with E-state index in [0.717, 1.165) is 6.42 Å². The van der Waals surface area contributed by atoms with Crippen LogP contribution in [0.1, 0.15) is 39.0 Å². The molecule has 0 bridgehead atoms. The van der Waals surface area contributed by atoms with E-state index in [1.54, 1.807) is 18.2 Å². The first kappa shape index (κ1) is 14.7. The number of hydrogen-bond acceptors (Lipinski definition) is 4. The lowest BCUT2D eigenvalue weighted by Crippen LogP contribution is -2.19. The molecule has 1 aromatic heterocycles. The third-order valence-electron chi connectivity index (χ3n) is 3.05. The van der Waals surface area contributed by atoms with Crippen LogP contribution in [0.2, 0.25) is 0 Å². The fraction of sp³-hybridized carbons (Fsp3) is 0.467. The third-order valence-corrected chi connectivity index (χ3v) is 3.05. The molecule has 1 unspecified atom stereocenters. The van der Waals surface area contributed by atoms with E-state index >= 15 is 0 Å². The minimum Gasteiger partial charge on any atom is -0.339 e. The molecule has 0 saturated carbocycles. The van der Waals surface area contributed by atoms with Crippen molar-refractivity contribution >= 4 is 0 Å². The van der Waals surface area contributed by atoms with Gasteiger partial charge in [-0.3, -0.25) is 0 Å². The summed E-state index contributed by atoms with van der Waals surface area (Å²) >= 11 is 0. The summed E-state index contributed by atoms with van der Waals surface area (Å²) in [6.45, 7) is 6.81. The molecule has 0 aliphatic rings. The van der Waals surface area contributed by atoms with E-state index in [1.165, 1.54) is 6.07 Å². The molecule has 108 valence electrons. The van der Waals surface area contributed by atoms with Crippen LogP contribution in [0.15, 0.2) is 28.8 Å². The quantitative estimate of drug-likeness (QED) is 0.930. The second-order valence-electron chi connectivity index (χ2n) is 6.13. The minimum atomic E-state index is -0.361. The second kappa shape index (κ2) is 5.71. The largest absolute Gasteiger partial charge is 0.339 e. The van der Waals surface area contributed by atoms with Gasteiger partial charge in [-0.15, -0.1) is 0 Å². The van der Waals surface area contributed by atoms with Gasteiger partial charge in [-0.2, -0.15) is 4.98 Å². The van der Waals surface area contributed by atoms with E-state index in [9.17, 15) is 4.39 Å². The van der Waals surface area contributed by atoms with Gasteiger partial charge in [0, 0.05) is 6.54 Å². The Hall–Kier alpha value is -1.75. The zero-order valence-corrected chi connectivity index (χ0v) is 12.1. The Morgan fingerprint density at radius 3 is 2.60 bits per heavy atom. The summed E-state index contributed by atoms with van der Waals surface area (Å²) in [5.74, 6) is 0.370. The Morgan fingerprint density at radius 1 is 1.30 bits per heavy atom. The number of aromatic nitrogens is 2. The first-order valence-corrected chi connectivity index (χ1v) is 6.69. The summed E-state index contributed by atoms with van der Waals surface area (Å²) in [7, 11) is 0. The fourth-order valence-electron chi connectivity index (χ4n) is 2.16. The second-order valence-corrected chi connectivity index (χ2v) is 6.13. The molecule has 5 heteroatoms. The zero-order valence-electron chi connectivity index (χ0n) is 12.1. The number of nitrogens with zero attached hydrogens (tertiary/aromatic N) is 2. The first-order chi connectivity index (χ1) is 9.40. The molecule has 1 heterocycles. The molecular formula is C15H20FN3O. The van der Waals surface area contributed by atoms with Crippen LogP contribution in [0.3, 0.4) is 0 Å². The predicted molar refractivity (Wildman–Crippen MR) is 75.6 cm³/mol. The monoisotopic (exact) mass is 277 g/mol. The minimum absolute atomic E-state index is 0.0111. The Bertz CT molecular complexity index is 574. The van der Waals surface area contributed by atoms with Gasteiger partial charge in [0.1, 0.15) is 5.82 Å². The standard InChI is InChI=1S/C15H20FN3O/c1-15(2,3)8-10(9-17)14-18-13(19-20-14)11-6-4-5-7-12(11)16/h4-7,10H,8-9,17H2,1-3H3. The Labute approximate surface area is 118 Å². The molecule has 0 spiro atoms. The van der Waals surface area contributed by atoms with Crippen molar-refractivity contribution in [3.05, 3.63) is 36.0 Å². The number of benzene rings is 1.